The lowest BCUT2D eigenvalue weighted by atomic mass is 9.96. The first kappa shape index (κ1) is 14.7. The molecule has 0 aliphatic heterocycles. The molecule has 4 rings (SSSR count). The van der Waals surface area contributed by atoms with Crippen molar-refractivity contribution in [3.8, 4) is 11.5 Å². The zero-order valence-corrected chi connectivity index (χ0v) is 13.4. The quantitative estimate of drug-likeness (QED) is 0.773. The number of aromatic amines is 1. The van der Waals surface area contributed by atoms with Crippen LogP contribution in [0.5, 0.6) is 0 Å². The third-order valence-corrected chi connectivity index (χ3v) is 4.26. The molecule has 24 heavy (non-hydrogen) atoms. The number of H-pyrrole nitrogens is 1. The second-order valence-electron chi connectivity index (χ2n) is 6.07. The summed E-state index contributed by atoms with van der Waals surface area (Å²) >= 11 is 0. The molecule has 0 saturated heterocycles. The van der Waals surface area contributed by atoms with Crippen LogP contribution >= 0.6 is 0 Å². The third-order valence-electron chi connectivity index (χ3n) is 4.26. The Labute approximate surface area is 139 Å². The van der Waals surface area contributed by atoms with E-state index in [0.29, 0.717) is 17.3 Å². The smallest absolute Gasteiger partial charge is 0.276 e. The minimum atomic E-state index is -0.185. The van der Waals surface area contributed by atoms with E-state index in [2.05, 4.69) is 20.5 Å². The standard InChI is InChI=1S/C18H18N4O2/c1-11-10-24-18(19-11)12-5-4-6-13(9-12)20-17(23)16-14-7-2-3-8-15(14)21-22-16/h4-6,9-10H,2-3,7-8H2,1H3,(H,20,23)(H,21,22). The normalized spacial score (nSPS) is 13.5. The highest BCUT2D eigenvalue weighted by Gasteiger charge is 2.21. The number of aromatic nitrogens is 3. The number of benzene rings is 1. The summed E-state index contributed by atoms with van der Waals surface area (Å²) in [5, 5.41) is 10.1. The zero-order valence-electron chi connectivity index (χ0n) is 13.4. The molecule has 0 radical (unpaired) electrons. The van der Waals surface area contributed by atoms with E-state index in [-0.39, 0.29) is 5.91 Å². The highest BCUT2D eigenvalue weighted by Crippen LogP contribution is 2.25. The summed E-state index contributed by atoms with van der Waals surface area (Å²) in [7, 11) is 0. The van der Waals surface area contributed by atoms with Gasteiger partial charge in [0.05, 0.1) is 5.69 Å². The van der Waals surface area contributed by atoms with Gasteiger partial charge in [-0.2, -0.15) is 5.10 Å². The minimum Gasteiger partial charge on any atom is -0.444 e. The second kappa shape index (κ2) is 5.96. The molecule has 6 nitrogen and oxygen atoms in total. The number of aryl methyl sites for hydroxylation is 2. The molecule has 6 heteroatoms. The lowest BCUT2D eigenvalue weighted by molar-refractivity contribution is 0.102. The molecule has 2 aromatic heterocycles. The van der Waals surface area contributed by atoms with E-state index in [4.69, 9.17) is 4.42 Å². The Bertz CT molecular complexity index is 894. The first-order valence-electron chi connectivity index (χ1n) is 8.11. The lowest BCUT2D eigenvalue weighted by Crippen LogP contribution is -2.15. The zero-order chi connectivity index (χ0) is 16.5. The highest BCUT2D eigenvalue weighted by molar-refractivity contribution is 6.04. The predicted octanol–water partition coefficient (Wildman–Crippen LogP) is 3.50. The molecule has 1 aliphatic carbocycles. The maximum absolute atomic E-state index is 12.6. The van der Waals surface area contributed by atoms with Crippen LogP contribution in [0, 0.1) is 6.92 Å². The van der Waals surface area contributed by atoms with E-state index in [1.165, 1.54) is 0 Å². The van der Waals surface area contributed by atoms with Crippen LogP contribution in [0.1, 0.15) is 40.3 Å². The average molecular weight is 322 g/mol. The molecule has 2 heterocycles. The van der Waals surface area contributed by atoms with Gasteiger partial charge in [0.2, 0.25) is 5.89 Å². The van der Waals surface area contributed by atoms with Crippen LogP contribution in [-0.2, 0) is 12.8 Å². The van der Waals surface area contributed by atoms with E-state index in [9.17, 15) is 4.79 Å². The fourth-order valence-electron chi connectivity index (χ4n) is 3.08. The molecular weight excluding hydrogens is 304 g/mol. The predicted molar refractivity (Wildman–Crippen MR) is 89.9 cm³/mol. The summed E-state index contributed by atoms with van der Waals surface area (Å²) in [5.74, 6) is 0.357. The summed E-state index contributed by atoms with van der Waals surface area (Å²) in [6, 6.07) is 7.46. The molecule has 0 atom stereocenters. The number of hydrogen-bond donors (Lipinski definition) is 2. The van der Waals surface area contributed by atoms with Crippen LogP contribution in [0.15, 0.2) is 34.9 Å². The highest BCUT2D eigenvalue weighted by atomic mass is 16.3. The van der Waals surface area contributed by atoms with Gasteiger partial charge in [-0.3, -0.25) is 9.89 Å². The van der Waals surface area contributed by atoms with E-state index >= 15 is 0 Å². The molecule has 2 N–H and O–H groups in total. The third kappa shape index (κ3) is 2.71. The number of carbonyl (C=O) groups is 1. The van der Waals surface area contributed by atoms with Crippen LogP contribution < -0.4 is 5.32 Å². The number of carbonyl (C=O) groups excluding carboxylic acids is 1. The maximum atomic E-state index is 12.6. The average Bonchev–Trinajstić information content (AvgIpc) is 3.21. The molecule has 0 fully saturated rings. The summed E-state index contributed by atoms with van der Waals surface area (Å²) in [6.07, 6.45) is 5.73. The maximum Gasteiger partial charge on any atom is 0.276 e. The van der Waals surface area contributed by atoms with Crippen molar-refractivity contribution in [2.45, 2.75) is 32.6 Å². The number of anilines is 1. The van der Waals surface area contributed by atoms with Crippen LogP contribution in [0.4, 0.5) is 5.69 Å². The number of oxazole rings is 1. The summed E-state index contributed by atoms with van der Waals surface area (Å²) in [4.78, 5) is 16.9. The van der Waals surface area contributed by atoms with Crippen molar-refractivity contribution in [1.29, 1.82) is 0 Å². The van der Waals surface area contributed by atoms with Gasteiger partial charge in [0, 0.05) is 22.5 Å². The molecule has 1 aliphatic rings. The van der Waals surface area contributed by atoms with Gasteiger partial charge in [-0.1, -0.05) is 6.07 Å². The molecule has 1 aromatic carbocycles. The fourth-order valence-corrected chi connectivity index (χ4v) is 3.08. The lowest BCUT2D eigenvalue weighted by Gasteiger charge is -2.11. The van der Waals surface area contributed by atoms with E-state index in [1.807, 2.05) is 31.2 Å². The van der Waals surface area contributed by atoms with Crippen molar-refractivity contribution < 1.29 is 9.21 Å². The molecule has 3 aromatic rings. The van der Waals surface area contributed by atoms with Crippen molar-refractivity contribution in [2.75, 3.05) is 5.32 Å². The number of hydrogen-bond acceptors (Lipinski definition) is 4. The van der Waals surface area contributed by atoms with E-state index < -0.39 is 0 Å². The number of fused-ring (bicyclic) bond motifs is 1. The summed E-state index contributed by atoms with van der Waals surface area (Å²) in [5.41, 5.74) is 4.99. The first-order valence-corrected chi connectivity index (χ1v) is 8.11. The van der Waals surface area contributed by atoms with Gasteiger partial charge in [-0.15, -0.1) is 0 Å². The van der Waals surface area contributed by atoms with Crippen molar-refractivity contribution in [2.24, 2.45) is 0 Å². The molecule has 0 saturated carbocycles. The molecule has 0 bridgehead atoms. The fraction of sp³-hybridized carbons (Fsp3) is 0.278. The van der Waals surface area contributed by atoms with Gasteiger partial charge in [0.1, 0.15) is 6.26 Å². The Morgan fingerprint density at radius 1 is 1.29 bits per heavy atom. The Morgan fingerprint density at radius 2 is 2.17 bits per heavy atom. The number of amides is 1. The van der Waals surface area contributed by atoms with Crippen LogP contribution in [0.3, 0.4) is 0 Å². The Hall–Kier alpha value is -2.89. The van der Waals surface area contributed by atoms with Gasteiger partial charge in [-0.25, -0.2) is 4.98 Å². The second-order valence-corrected chi connectivity index (χ2v) is 6.07. The van der Waals surface area contributed by atoms with Gasteiger partial charge in [0.25, 0.3) is 5.91 Å². The Morgan fingerprint density at radius 3 is 3.00 bits per heavy atom. The van der Waals surface area contributed by atoms with Gasteiger partial charge >= 0.3 is 0 Å². The Balaban J connectivity index is 1.57. The summed E-state index contributed by atoms with van der Waals surface area (Å²) in [6.45, 7) is 1.87. The molecule has 122 valence electrons. The topological polar surface area (TPSA) is 83.8 Å². The van der Waals surface area contributed by atoms with Gasteiger partial charge in [-0.05, 0) is 50.8 Å². The molecule has 0 spiro atoms. The van der Waals surface area contributed by atoms with Crippen molar-refractivity contribution >= 4 is 11.6 Å². The largest absolute Gasteiger partial charge is 0.444 e. The van der Waals surface area contributed by atoms with Gasteiger partial charge in [0.15, 0.2) is 5.69 Å². The van der Waals surface area contributed by atoms with Crippen LogP contribution in [0.2, 0.25) is 0 Å². The molecule has 1 amide bonds. The Kier molecular flexibility index (Phi) is 3.65. The van der Waals surface area contributed by atoms with E-state index in [1.54, 1.807) is 6.26 Å². The molecule has 0 unspecified atom stereocenters. The van der Waals surface area contributed by atoms with Crippen LogP contribution in [-0.4, -0.2) is 21.1 Å². The SMILES string of the molecule is Cc1coc(-c2cccc(NC(=O)c3n[nH]c4c3CCCC4)c2)n1. The van der Waals surface area contributed by atoms with Crippen molar-refractivity contribution in [1.82, 2.24) is 15.2 Å². The number of nitrogens with zero attached hydrogens (tertiary/aromatic N) is 2. The minimum absolute atomic E-state index is 0.185. The van der Waals surface area contributed by atoms with E-state index in [0.717, 1.165) is 48.2 Å². The van der Waals surface area contributed by atoms with Crippen molar-refractivity contribution in [3.05, 3.63) is 53.2 Å². The number of rotatable bonds is 3. The summed E-state index contributed by atoms with van der Waals surface area (Å²) < 4.78 is 5.42. The first-order chi connectivity index (χ1) is 11.7. The monoisotopic (exact) mass is 322 g/mol. The number of nitrogens with one attached hydrogen (secondary N) is 2. The van der Waals surface area contributed by atoms with Gasteiger partial charge < -0.3 is 9.73 Å². The van der Waals surface area contributed by atoms with Crippen LogP contribution in [0.25, 0.3) is 11.5 Å². The molecular formula is C18H18N4O2. The van der Waals surface area contributed by atoms with Crippen molar-refractivity contribution in [3.63, 3.8) is 0 Å².